The fourth-order valence-corrected chi connectivity index (χ4v) is 1.38. The Kier molecular flexibility index (Phi) is 3.80. The third-order valence-corrected chi connectivity index (χ3v) is 2.08. The van der Waals surface area contributed by atoms with Crippen LogP contribution in [0.15, 0.2) is 11.8 Å². The second kappa shape index (κ2) is 4.93. The van der Waals surface area contributed by atoms with Crippen molar-refractivity contribution in [3.63, 3.8) is 0 Å². The van der Waals surface area contributed by atoms with Crippen molar-refractivity contribution in [3.8, 4) is 0 Å². The van der Waals surface area contributed by atoms with Crippen molar-refractivity contribution in [3.05, 3.63) is 11.8 Å². The fraction of sp³-hybridized carbons (Fsp3) is 0.667. The summed E-state index contributed by atoms with van der Waals surface area (Å²) in [5.41, 5.74) is 1.29. The van der Waals surface area contributed by atoms with Crippen LogP contribution in [0, 0.1) is 0 Å². The summed E-state index contributed by atoms with van der Waals surface area (Å²) in [7, 11) is 0. The van der Waals surface area contributed by atoms with E-state index in [1.54, 1.807) is 6.20 Å². The standard InChI is InChI=1S/C9H15NO2/c11-7-9(12)10-6-8-4-2-1-3-5-8/h6,11H,1-5,7H2,(H,10,12). The number of aliphatic hydroxyl groups excluding tert-OH is 1. The molecule has 12 heavy (non-hydrogen) atoms. The Balaban J connectivity index is 2.29. The van der Waals surface area contributed by atoms with Crippen LogP contribution >= 0.6 is 0 Å². The molecule has 0 heterocycles. The van der Waals surface area contributed by atoms with E-state index in [0.29, 0.717) is 0 Å². The van der Waals surface area contributed by atoms with Gasteiger partial charge < -0.3 is 10.4 Å². The molecule has 1 saturated carbocycles. The summed E-state index contributed by atoms with van der Waals surface area (Å²) in [4.78, 5) is 10.6. The van der Waals surface area contributed by atoms with Crippen LogP contribution in [0.3, 0.4) is 0 Å². The first-order chi connectivity index (χ1) is 5.83. The van der Waals surface area contributed by atoms with Crippen LogP contribution in [-0.4, -0.2) is 17.6 Å². The second-order valence-electron chi connectivity index (χ2n) is 3.09. The molecule has 0 spiro atoms. The predicted octanol–water partition coefficient (Wildman–Crippen LogP) is 0.943. The van der Waals surface area contributed by atoms with E-state index in [1.165, 1.54) is 24.8 Å². The van der Waals surface area contributed by atoms with Crippen LogP contribution in [0.1, 0.15) is 32.1 Å². The highest BCUT2D eigenvalue weighted by molar-refractivity contribution is 5.77. The molecule has 0 aliphatic heterocycles. The van der Waals surface area contributed by atoms with E-state index in [0.717, 1.165) is 12.8 Å². The Morgan fingerprint density at radius 1 is 1.42 bits per heavy atom. The molecule has 1 rings (SSSR count). The highest BCUT2D eigenvalue weighted by Gasteiger charge is 2.04. The van der Waals surface area contributed by atoms with Gasteiger partial charge in [0.05, 0.1) is 0 Å². The molecule has 3 nitrogen and oxygen atoms in total. The second-order valence-corrected chi connectivity index (χ2v) is 3.09. The number of rotatable bonds is 2. The number of carbonyl (C=O) groups excluding carboxylic acids is 1. The molecule has 0 unspecified atom stereocenters. The van der Waals surface area contributed by atoms with E-state index in [-0.39, 0.29) is 5.91 Å². The minimum absolute atomic E-state index is 0.326. The molecule has 1 aliphatic carbocycles. The molecule has 1 aliphatic rings. The van der Waals surface area contributed by atoms with E-state index in [1.807, 2.05) is 0 Å². The third-order valence-electron chi connectivity index (χ3n) is 2.08. The number of hydrogen-bond donors (Lipinski definition) is 2. The van der Waals surface area contributed by atoms with Gasteiger partial charge in [0.25, 0.3) is 0 Å². The zero-order valence-corrected chi connectivity index (χ0v) is 7.18. The van der Waals surface area contributed by atoms with Crippen molar-refractivity contribution in [2.45, 2.75) is 32.1 Å². The molecule has 0 aromatic rings. The largest absolute Gasteiger partial charge is 0.387 e. The van der Waals surface area contributed by atoms with E-state index in [4.69, 9.17) is 5.11 Å². The van der Waals surface area contributed by atoms with Gasteiger partial charge in [-0.3, -0.25) is 4.79 Å². The molecule has 1 amide bonds. The van der Waals surface area contributed by atoms with Crippen molar-refractivity contribution in [2.75, 3.05) is 6.61 Å². The van der Waals surface area contributed by atoms with Crippen LogP contribution in [0.4, 0.5) is 0 Å². The smallest absolute Gasteiger partial charge is 0.249 e. The molecular weight excluding hydrogens is 154 g/mol. The molecular formula is C9H15NO2. The molecule has 68 valence electrons. The lowest BCUT2D eigenvalue weighted by molar-refractivity contribution is -0.122. The van der Waals surface area contributed by atoms with Crippen molar-refractivity contribution in [1.82, 2.24) is 5.32 Å². The lowest BCUT2D eigenvalue weighted by atomic mass is 9.96. The number of hydrogen-bond acceptors (Lipinski definition) is 2. The molecule has 0 atom stereocenters. The van der Waals surface area contributed by atoms with Gasteiger partial charge in [0, 0.05) is 6.20 Å². The monoisotopic (exact) mass is 169 g/mol. The highest BCUT2D eigenvalue weighted by atomic mass is 16.3. The quantitative estimate of drug-likeness (QED) is 0.646. The average molecular weight is 169 g/mol. The molecule has 3 heteroatoms. The maximum Gasteiger partial charge on any atom is 0.249 e. The summed E-state index contributed by atoms with van der Waals surface area (Å²) in [6, 6.07) is 0. The Labute approximate surface area is 72.5 Å². The lowest BCUT2D eigenvalue weighted by Gasteiger charge is -2.13. The van der Waals surface area contributed by atoms with E-state index in [2.05, 4.69) is 5.32 Å². The van der Waals surface area contributed by atoms with Crippen molar-refractivity contribution in [2.24, 2.45) is 0 Å². The van der Waals surface area contributed by atoms with E-state index in [9.17, 15) is 4.79 Å². The van der Waals surface area contributed by atoms with Crippen LogP contribution in [0.5, 0.6) is 0 Å². The average Bonchev–Trinajstić information content (AvgIpc) is 2.16. The van der Waals surface area contributed by atoms with Crippen molar-refractivity contribution in [1.29, 1.82) is 0 Å². The van der Waals surface area contributed by atoms with E-state index < -0.39 is 6.61 Å². The Bertz CT molecular complexity index is 179. The molecule has 0 aromatic heterocycles. The highest BCUT2D eigenvalue weighted by Crippen LogP contribution is 2.21. The number of nitrogens with one attached hydrogen (secondary N) is 1. The van der Waals surface area contributed by atoms with E-state index >= 15 is 0 Å². The third kappa shape index (κ3) is 3.05. The Morgan fingerprint density at radius 3 is 2.67 bits per heavy atom. The maximum absolute atomic E-state index is 10.6. The molecule has 1 fully saturated rings. The van der Waals surface area contributed by atoms with Gasteiger partial charge in [-0.25, -0.2) is 0 Å². The minimum atomic E-state index is -0.427. The molecule has 0 bridgehead atoms. The van der Waals surface area contributed by atoms with Gasteiger partial charge in [-0.05, 0) is 25.7 Å². The zero-order chi connectivity index (χ0) is 8.81. The van der Waals surface area contributed by atoms with Gasteiger partial charge in [-0.1, -0.05) is 12.0 Å². The number of allylic oxidation sites excluding steroid dienone is 1. The van der Waals surface area contributed by atoms with Gasteiger partial charge >= 0.3 is 0 Å². The molecule has 2 N–H and O–H groups in total. The summed E-state index contributed by atoms with van der Waals surface area (Å²) >= 11 is 0. The summed E-state index contributed by atoms with van der Waals surface area (Å²) in [6.45, 7) is -0.427. The Hall–Kier alpha value is -0.830. The van der Waals surface area contributed by atoms with Gasteiger partial charge in [0.2, 0.25) is 5.91 Å². The summed E-state index contributed by atoms with van der Waals surface area (Å²) < 4.78 is 0. The van der Waals surface area contributed by atoms with Crippen molar-refractivity contribution < 1.29 is 9.90 Å². The Morgan fingerprint density at radius 2 is 2.08 bits per heavy atom. The summed E-state index contributed by atoms with van der Waals surface area (Å²) in [6.07, 6.45) is 7.67. The molecule has 0 radical (unpaired) electrons. The fourth-order valence-electron chi connectivity index (χ4n) is 1.38. The molecule has 0 aromatic carbocycles. The number of amides is 1. The topological polar surface area (TPSA) is 49.3 Å². The number of carbonyl (C=O) groups is 1. The SMILES string of the molecule is O=C(CO)NC=C1CCCCC1. The maximum atomic E-state index is 10.6. The predicted molar refractivity (Wildman–Crippen MR) is 46.4 cm³/mol. The van der Waals surface area contributed by atoms with Crippen LogP contribution < -0.4 is 5.32 Å². The van der Waals surface area contributed by atoms with Gasteiger partial charge in [0.15, 0.2) is 0 Å². The lowest BCUT2D eigenvalue weighted by Crippen LogP contribution is -2.21. The first kappa shape index (κ1) is 9.26. The molecule has 0 saturated heterocycles. The van der Waals surface area contributed by atoms with Crippen LogP contribution in [-0.2, 0) is 4.79 Å². The van der Waals surface area contributed by atoms with Gasteiger partial charge in [-0.15, -0.1) is 0 Å². The first-order valence-corrected chi connectivity index (χ1v) is 4.41. The zero-order valence-electron chi connectivity index (χ0n) is 7.18. The number of aliphatic hydroxyl groups is 1. The van der Waals surface area contributed by atoms with Gasteiger partial charge in [0.1, 0.15) is 6.61 Å². The summed E-state index contributed by atoms with van der Waals surface area (Å²) in [5.74, 6) is -0.326. The summed E-state index contributed by atoms with van der Waals surface area (Å²) in [5, 5.41) is 11.0. The van der Waals surface area contributed by atoms with Crippen LogP contribution in [0.25, 0.3) is 0 Å². The normalized spacial score (nSPS) is 17.2. The van der Waals surface area contributed by atoms with Gasteiger partial charge in [-0.2, -0.15) is 0 Å². The van der Waals surface area contributed by atoms with Crippen molar-refractivity contribution >= 4 is 5.91 Å². The first-order valence-electron chi connectivity index (χ1n) is 4.41. The minimum Gasteiger partial charge on any atom is -0.387 e. The van der Waals surface area contributed by atoms with Crippen LogP contribution in [0.2, 0.25) is 0 Å².